The Bertz CT molecular complexity index is 726. The first-order valence-corrected chi connectivity index (χ1v) is 6.70. The summed E-state index contributed by atoms with van der Waals surface area (Å²) >= 11 is 0. The average Bonchev–Trinajstić information content (AvgIpc) is 3.02. The van der Waals surface area contributed by atoms with Crippen LogP contribution in [0.5, 0.6) is 0 Å². The van der Waals surface area contributed by atoms with Crippen LogP contribution in [0.3, 0.4) is 0 Å². The molecule has 6 heteroatoms. The zero-order valence-corrected chi connectivity index (χ0v) is 11.7. The number of nitrogens with zero attached hydrogens (tertiary/aromatic N) is 5. The van der Waals surface area contributed by atoms with E-state index in [1.54, 1.807) is 6.20 Å². The summed E-state index contributed by atoms with van der Waals surface area (Å²) in [5.41, 5.74) is 9.27. The lowest BCUT2D eigenvalue weighted by Crippen LogP contribution is -2.05. The van der Waals surface area contributed by atoms with Crippen LogP contribution in [0.15, 0.2) is 25.0 Å². The number of anilines is 1. The molecule has 104 valence electrons. The van der Waals surface area contributed by atoms with Gasteiger partial charge in [-0.25, -0.2) is 15.0 Å². The zero-order chi connectivity index (χ0) is 14.1. The molecule has 0 aliphatic rings. The van der Waals surface area contributed by atoms with Crippen molar-refractivity contribution in [2.75, 3.05) is 5.73 Å². The molecular formula is C14H18N6. The summed E-state index contributed by atoms with van der Waals surface area (Å²) < 4.78 is 4.30. The number of imidazole rings is 1. The van der Waals surface area contributed by atoms with Crippen molar-refractivity contribution in [1.29, 1.82) is 0 Å². The molecular weight excluding hydrogens is 252 g/mol. The monoisotopic (exact) mass is 270 g/mol. The highest BCUT2D eigenvalue weighted by Crippen LogP contribution is 2.27. The number of hydrogen-bond donors (Lipinski definition) is 1. The Morgan fingerprint density at radius 2 is 2.05 bits per heavy atom. The van der Waals surface area contributed by atoms with Gasteiger partial charge in [0, 0.05) is 31.2 Å². The quantitative estimate of drug-likeness (QED) is 0.786. The van der Waals surface area contributed by atoms with Crippen molar-refractivity contribution in [2.45, 2.75) is 33.4 Å². The van der Waals surface area contributed by atoms with Crippen molar-refractivity contribution < 1.29 is 0 Å². The van der Waals surface area contributed by atoms with Crippen molar-refractivity contribution in [3.63, 3.8) is 0 Å². The summed E-state index contributed by atoms with van der Waals surface area (Å²) in [5, 5.41) is 0.979. The minimum atomic E-state index is 0.559. The molecule has 0 aliphatic carbocycles. The van der Waals surface area contributed by atoms with Gasteiger partial charge in [0.15, 0.2) is 0 Å². The number of nitrogens with two attached hydrogens (primary N) is 1. The fourth-order valence-corrected chi connectivity index (χ4v) is 2.60. The molecule has 6 nitrogen and oxygen atoms in total. The second kappa shape index (κ2) is 4.96. The lowest BCUT2D eigenvalue weighted by molar-refractivity contribution is 0.564. The molecule has 3 aromatic heterocycles. The first-order chi connectivity index (χ1) is 9.68. The van der Waals surface area contributed by atoms with Crippen LogP contribution in [0.2, 0.25) is 0 Å². The van der Waals surface area contributed by atoms with E-state index in [0.717, 1.165) is 30.5 Å². The molecule has 0 aliphatic heterocycles. The van der Waals surface area contributed by atoms with Crippen LogP contribution in [-0.2, 0) is 13.1 Å². The summed E-state index contributed by atoms with van der Waals surface area (Å²) in [5.74, 6) is 0.559. The SMILES string of the molecule is Cc1c(C)n(CCCn2ccnc2)c2ncnc(N)c12. The van der Waals surface area contributed by atoms with Gasteiger partial charge in [-0.2, -0.15) is 0 Å². The van der Waals surface area contributed by atoms with E-state index in [1.807, 2.05) is 12.5 Å². The van der Waals surface area contributed by atoms with Crippen molar-refractivity contribution in [3.8, 4) is 0 Å². The predicted octanol–water partition coefficient (Wildman–Crippen LogP) is 1.92. The van der Waals surface area contributed by atoms with Crippen LogP contribution < -0.4 is 5.73 Å². The number of aryl methyl sites for hydroxylation is 3. The molecule has 3 rings (SSSR count). The van der Waals surface area contributed by atoms with E-state index in [0.29, 0.717) is 5.82 Å². The maximum absolute atomic E-state index is 5.97. The Labute approximate surface area is 117 Å². The van der Waals surface area contributed by atoms with Gasteiger partial charge >= 0.3 is 0 Å². The first-order valence-electron chi connectivity index (χ1n) is 6.70. The number of rotatable bonds is 4. The van der Waals surface area contributed by atoms with Crippen molar-refractivity contribution in [2.24, 2.45) is 0 Å². The Balaban J connectivity index is 1.88. The van der Waals surface area contributed by atoms with Gasteiger partial charge in [-0.3, -0.25) is 0 Å². The summed E-state index contributed by atoms with van der Waals surface area (Å²) in [6, 6.07) is 0. The lowest BCUT2D eigenvalue weighted by Gasteiger charge is -2.08. The lowest BCUT2D eigenvalue weighted by atomic mass is 10.2. The fourth-order valence-electron chi connectivity index (χ4n) is 2.60. The van der Waals surface area contributed by atoms with Crippen LogP contribution in [0.4, 0.5) is 5.82 Å². The molecule has 2 N–H and O–H groups in total. The molecule has 0 spiro atoms. The second-order valence-corrected chi connectivity index (χ2v) is 4.97. The third kappa shape index (κ3) is 2.03. The average molecular weight is 270 g/mol. The van der Waals surface area contributed by atoms with E-state index in [2.05, 4.69) is 37.9 Å². The molecule has 3 heterocycles. The molecule has 0 amide bonds. The Kier molecular flexibility index (Phi) is 3.14. The molecule has 0 fully saturated rings. The molecule has 0 radical (unpaired) electrons. The Morgan fingerprint density at radius 1 is 1.20 bits per heavy atom. The van der Waals surface area contributed by atoms with Crippen LogP contribution in [0, 0.1) is 13.8 Å². The molecule has 0 saturated carbocycles. The molecule has 20 heavy (non-hydrogen) atoms. The highest BCUT2D eigenvalue weighted by atomic mass is 15.1. The van der Waals surface area contributed by atoms with E-state index in [9.17, 15) is 0 Å². The molecule has 3 aromatic rings. The molecule has 0 aromatic carbocycles. The summed E-state index contributed by atoms with van der Waals surface area (Å²) in [6.07, 6.45) is 8.17. The Hall–Kier alpha value is -2.37. The van der Waals surface area contributed by atoms with E-state index in [4.69, 9.17) is 5.73 Å². The fraction of sp³-hybridized carbons (Fsp3) is 0.357. The van der Waals surface area contributed by atoms with E-state index in [-0.39, 0.29) is 0 Å². The van der Waals surface area contributed by atoms with E-state index >= 15 is 0 Å². The third-order valence-electron chi connectivity index (χ3n) is 3.79. The van der Waals surface area contributed by atoms with Gasteiger partial charge in [-0.1, -0.05) is 0 Å². The summed E-state index contributed by atoms with van der Waals surface area (Å²) in [6.45, 7) is 6.03. The Morgan fingerprint density at radius 3 is 2.80 bits per heavy atom. The number of hydrogen-bond acceptors (Lipinski definition) is 4. The van der Waals surface area contributed by atoms with Gasteiger partial charge in [0.1, 0.15) is 17.8 Å². The normalized spacial score (nSPS) is 11.3. The maximum atomic E-state index is 5.97. The van der Waals surface area contributed by atoms with Crippen molar-refractivity contribution >= 4 is 16.9 Å². The van der Waals surface area contributed by atoms with Crippen LogP contribution in [-0.4, -0.2) is 24.1 Å². The van der Waals surface area contributed by atoms with Gasteiger partial charge in [0.25, 0.3) is 0 Å². The highest BCUT2D eigenvalue weighted by molar-refractivity contribution is 5.90. The number of aromatic nitrogens is 5. The summed E-state index contributed by atoms with van der Waals surface area (Å²) in [7, 11) is 0. The standard InChI is InChI=1S/C14H18N6/c1-10-11(2)20(6-3-5-19-7-4-16-9-19)14-12(10)13(15)17-8-18-14/h4,7-9H,3,5-6H2,1-2H3,(H2,15,17,18). The van der Waals surface area contributed by atoms with Crippen LogP contribution in [0.25, 0.3) is 11.0 Å². The second-order valence-electron chi connectivity index (χ2n) is 4.97. The van der Waals surface area contributed by atoms with Gasteiger partial charge in [0.2, 0.25) is 0 Å². The van der Waals surface area contributed by atoms with Crippen LogP contribution in [0.1, 0.15) is 17.7 Å². The third-order valence-corrected chi connectivity index (χ3v) is 3.79. The minimum Gasteiger partial charge on any atom is -0.383 e. The van der Waals surface area contributed by atoms with Gasteiger partial charge < -0.3 is 14.9 Å². The molecule has 0 bridgehead atoms. The highest BCUT2D eigenvalue weighted by Gasteiger charge is 2.14. The maximum Gasteiger partial charge on any atom is 0.145 e. The van der Waals surface area contributed by atoms with Crippen molar-refractivity contribution in [1.82, 2.24) is 24.1 Å². The summed E-state index contributed by atoms with van der Waals surface area (Å²) in [4.78, 5) is 12.5. The minimum absolute atomic E-state index is 0.559. The number of nitrogen functional groups attached to an aromatic ring is 1. The van der Waals surface area contributed by atoms with Crippen molar-refractivity contribution in [3.05, 3.63) is 36.3 Å². The predicted molar refractivity (Wildman–Crippen MR) is 78.3 cm³/mol. The van der Waals surface area contributed by atoms with Gasteiger partial charge in [-0.05, 0) is 25.8 Å². The molecule has 0 saturated heterocycles. The smallest absolute Gasteiger partial charge is 0.145 e. The number of fused-ring (bicyclic) bond motifs is 1. The topological polar surface area (TPSA) is 74.5 Å². The largest absolute Gasteiger partial charge is 0.383 e. The zero-order valence-electron chi connectivity index (χ0n) is 11.7. The van der Waals surface area contributed by atoms with Gasteiger partial charge in [-0.15, -0.1) is 0 Å². The van der Waals surface area contributed by atoms with E-state index < -0.39 is 0 Å². The molecule has 0 unspecified atom stereocenters. The van der Waals surface area contributed by atoms with Gasteiger partial charge in [0.05, 0.1) is 11.7 Å². The van der Waals surface area contributed by atoms with Crippen LogP contribution >= 0.6 is 0 Å². The first kappa shape index (κ1) is 12.7. The molecule has 0 atom stereocenters. The van der Waals surface area contributed by atoms with E-state index in [1.165, 1.54) is 17.6 Å².